The van der Waals surface area contributed by atoms with Gasteiger partial charge in [0.1, 0.15) is 11.6 Å². The minimum Gasteiger partial charge on any atom is -0.466 e. The van der Waals surface area contributed by atoms with Crippen LogP contribution in [0, 0.1) is 5.82 Å². The number of para-hydroxylation sites is 2. The van der Waals surface area contributed by atoms with Crippen LogP contribution in [0.1, 0.15) is 12.5 Å². The lowest BCUT2D eigenvalue weighted by Crippen LogP contribution is -2.56. The summed E-state index contributed by atoms with van der Waals surface area (Å²) in [7, 11) is 0. The summed E-state index contributed by atoms with van der Waals surface area (Å²) in [6.07, 6.45) is 1.61. The second kappa shape index (κ2) is 6.80. The van der Waals surface area contributed by atoms with Gasteiger partial charge in [-0.25, -0.2) is 4.39 Å². The number of halogens is 1. The SMILES string of the molecule is CC1(C(=O)Nc2ccn(Cc3ccccc3F)n2)Oc2ccccc2NC1=O. The van der Waals surface area contributed by atoms with Gasteiger partial charge in [-0.3, -0.25) is 14.3 Å². The molecule has 0 bridgehead atoms. The highest BCUT2D eigenvalue weighted by Crippen LogP contribution is 2.33. The standard InChI is InChI=1S/C20H17FN4O3/c1-20(18(26)22-15-8-4-5-9-16(15)28-20)19(27)23-17-10-11-25(24-17)12-13-6-2-3-7-14(13)21/h2-11H,12H2,1H3,(H,22,26)(H,23,24,27). The number of anilines is 2. The molecule has 142 valence electrons. The van der Waals surface area contributed by atoms with Crippen LogP contribution in [0.3, 0.4) is 0 Å². The normalized spacial score (nSPS) is 18.0. The zero-order chi connectivity index (χ0) is 19.7. The second-order valence-electron chi connectivity index (χ2n) is 6.53. The number of nitrogens with zero attached hydrogens (tertiary/aromatic N) is 2. The third-order valence-electron chi connectivity index (χ3n) is 4.49. The largest absolute Gasteiger partial charge is 0.466 e. The highest BCUT2D eigenvalue weighted by atomic mass is 19.1. The van der Waals surface area contributed by atoms with Crippen molar-refractivity contribution < 1.29 is 18.7 Å². The summed E-state index contributed by atoms with van der Waals surface area (Å²) < 4.78 is 20.9. The highest BCUT2D eigenvalue weighted by molar-refractivity contribution is 6.18. The van der Waals surface area contributed by atoms with E-state index in [4.69, 9.17) is 4.74 Å². The fourth-order valence-corrected chi connectivity index (χ4v) is 2.87. The third kappa shape index (κ3) is 3.20. The summed E-state index contributed by atoms with van der Waals surface area (Å²) in [6, 6.07) is 14.8. The maximum Gasteiger partial charge on any atom is 0.279 e. The average molecular weight is 380 g/mol. The minimum atomic E-state index is -1.75. The van der Waals surface area contributed by atoms with Gasteiger partial charge in [-0.1, -0.05) is 30.3 Å². The molecule has 1 aliphatic heterocycles. The van der Waals surface area contributed by atoms with Crippen molar-refractivity contribution in [2.45, 2.75) is 19.1 Å². The minimum absolute atomic E-state index is 0.212. The number of hydrogen-bond acceptors (Lipinski definition) is 4. The van der Waals surface area contributed by atoms with Gasteiger partial charge in [0.15, 0.2) is 5.82 Å². The molecule has 1 unspecified atom stereocenters. The number of aromatic nitrogens is 2. The zero-order valence-corrected chi connectivity index (χ0v) is 15.0. The number of benzene rings is 2. The van der Waals surface area contributed by atoms with Crippen LogP contribution in [0.2, 0.25) is 0 Å². The Morgan fingerprint density at radius 1 is 1.21 bits per heavy atom. The van der Waals surface area contributed by atoms with E-state index in [0.717, 1.165) is 0 Å². The van der Waals surface area contributed by atoms with Gasteiger partial charge in [0.25, 0.3) is 17.4 Å². The summed E-state index contributed by atoms with van der Waals surface area (Å²) in [5, 5.41) is 9.47. The predicted molar refractivity (Wildman–Crippen MR) is 100 cm³/mol. The lowest BCUT2D eigenvalue weighted by molar-refractivity contribution is -0.143. The van der Waals surface area contributed by atoms with Gasteiger partial charge in [-0.15, -0.1) is 0 Å². The van der Waals surface area contributed by atoms with Crippen molar-refractivity contribution >= 4 is 23.3 Å². The summed E-state index contributed by atoms with van der Waals surface area (Å²) in [5.74, 6) is -0.921. The van der Waals surface area contributed by atoms with Gasteiger partial charge in [0, 0.05) is 17.8 Å². The van der Waals surface area contributed by atoms with Crippen LogP contribution in [0.4, 0.5) is 15.9 Å². The number of amides is 2. The molecule has 0 fully saturated rings. The van der Waals surface area contributed by atoms with Gasteiger partial charge in [-0.05, 0) is 25.1 Å². The van der Waals surface area contributed by atoms with Crippen molar-refractivity contribution in [3.63, 3.8) is 0 Å². The van der Waals surface area contributed by atoms with E-state index in [1.54, 1.807) is 54.7 Å². The maximum atomic E-state index is 13.8. The van der Waals surface area contributed by atoms with Crippen LogP contribution < -0.4 is 15.4 Å². The molecule has 1 aliphatic rings. The van der Waals surface area contributed by atoms with Crippen molar-refractivity contribution in [1.82, 2.24) is 9.78 Å². The lowest BCUT2D eigenvalue weighted by atomic mass is 10.0. The molecule has 0 saturated heterocycles. The Morgan fingerprint density at radius 3 is 2.79 bits per heavy atom. The lowest BCUT2D eigenvalue weighted by Gasteiger charge is -2.32. The van der Waals surface area contributed by atoms with Crippen LogP contribution >= 0.6 is 0 Å². The van der Waals surface area contributed by atoms with E-state index < -0.39 is 17.4 Å². The molecule has 0 saturated carbocycles. The van der Waals surface area contributed by atoms with Crippen molar-refractivity contribution in [2.24, 2.45) is 0 Å². The number of nitrogens with one attached hydrogen (secondary N) is 2. The van der Waals surface area contributed by atoms with E-state index in [0.29, 0.717) is 17.0 Å². The number of carbonyl (C=O) groups excluding carboxylic acids is 2. The topological polar surface area (TPSA) is 85.2 Å². The predicted octanol–water partition coefficient (Wildman–Crippen LogP) is 2.80. The van der Waals surface area contributed by atoms with E-state index >= 15 is 0 Å². The Bertz CT molecular complexity index is 1060. The molecule has 1 aromatic heterocycles. The molecule has 7 nitrogen and oxygen atoms in total. The van der Waals surface area contributed by atoms with Crippen molar-refractivity contribution in [1.29, 1.82) is 0 Å². The van der Waals surface area contributed by atoms with Crippen LogP contribution in [0.5, 0.6) is 5.75 Å². The first kappa shape index (κ1) is 17.7. The molecule has 0 aliphatic carbocycles. The van der Waals surface area contributed by atoms with E-state index in [-0.39, 0.29) is 18.2 Å². The number of carbonyl (C=O) groups is 2. The van der Waals surface area contributed by atoms with Crippen LogP contribution in [-0.2, 0) is 16.1 Å². The van der Waals surface area contributed by atoms with E-state index in [2.05, 4.69) is 15.7 Å². The molecule has 2 amide bonds. The smallest absolute Gasteiger partial charge is 0.279 e. The molecule has 3 aromatic rings. The molecule has 0 spiro atoms. The van der Waals surface area contributed by atoms with Gasteiger partial charge in [-0.2, -0.15) is 5.10 Å². The Kier molecular flexibility index (Phi) is 4.31. The van der Waals surface area contributed by atoms with Crippen molar-refractivity contribution in [3.05, 3.63) is 72.2 Å². The van der Waals surface area contributed by atoms with Crippen LogP contribution in [0.15, 0.2) is 60.8 Å². The molecular weight excluding hydrogens is 363 g/mol. The maximum absolute atomic E-state index is 13.8. The molecule has 2 N–H and O–H groups in total. The molecule has 2 heterocycles. The monoisotopic (exact) mass is 380 g/mol. The molecular formula is C20H17FN4O3. The average Bonchev–Trinajstić information content (AvgIpc) is 3.11. The van der Waals surface area contributed by atoms with E-state index in [1.165, 1.54) is 17.7 Å². The first-order chi connectivity index (χ1) is 13.5. The molecule has 4 rings (SSSR count). The Labute approximate surface area is 160 Å². The first-order valence-electron chi connectivity index (χ1n) is 8.63. The summed E-state index contributed by atoms with van der Waals surface area (Å²) in [4.78, 5) is 25.2. The number of ether oxygens (including phenoxy) is 1. The summed E-state index contributed by atoms with van der Waals surface area (Å²) >= 11 is 0. The highest BCUT2D eigenvalue weighted by Gasteiger charge is 2.47. The quantitative estimate of drug-likeness (QED) is 0.682. The fraction of sp³-hybridized carbons (Fsp3) is 0.150. The van der Waals surface area contributed by atoms with Crippen molar-refractivity contribution in [3.8, 4) is 5.75 Å². The molecule has 1 atom stereocenters. The molecule has 0 radical (unpaired) electrons. The van der Waals surface area contributed by atoms with Crippen LogP contribution in [0.25, 0.3) is 0 Å². The number of fused-ring (bicyclic) bond motifs is 1. The van der Waals surface area contributed by atoms with Gasteiger partial charge < -0.3 is 15.4 Å². The fourth-order valence-electron chi connectivity index (χ4n) is 2.87. The van der Waals surface area contributed by atoms with Gasteiger partial charge >= 0.3 is 0 Å². The second-order valence-corrected chi connectivity index (χ2v) is 6.53. The van der Waals surface area contributed by atoms with E-state index in [9.17, 15) is 14.0 Å². The zero-order valence-electron chi connectivity index (χ0n) is 15.0. The Morgan fingerprint density at radius 2 is 1.96 bits per heavy atom. The molecule has 8 heteroatoms. The number of hydrogen-bond donors (Lipinski definition) is 2. The van der Waals surface area contributed by atoms with Gasteiger partial charge in [0.05, 0.1) is 12.2 Å². The molecule has 28 heavy (non-hydrogen) atoms. The third-order valence-corrected chi connectivity index (χ3v) is 4.49. The van der Waals surface area contributed by atoms with E-state index in [1.807, 2.05) is 0 Å². The summed E-state index contributed by atoms with van der Waals surface area (Å²) in [6.45, 7) is 1.61. The summed E-state index contributed by atoms with van der Waals surface area (Å²) in [5.41, 5.74) is -0.766. The first-order valence-corrected chi connectivity index (χ1v) is 8.63. The van der Waals surface area contributed by atoms with Crippen molar-refractivity contribution in [2.75, 3.05) is 10.6 Å². The van der Waals surface area contributed by atoms with Crippen LogP contribution in [-0.4, -0.2) is 27.2 Å². The number of rotatable bonds is 4. The Balaban J connectivity index is 1.49. The van der Waals surface area contributed by atoms with Gasteiger partial charge in [0.2, 0.25) is 0 Å². The Hall–Kier alpha value is -3.68. The molecule has 2 aromatic carbocycles.